The number of benzene rings is 2. The van der Waals surface area contributed by atoms with Gasteiger partial charge < -0.3 is 14.8 Å². The van der Waals surface area contributed by atoms with Crippen molar-refractivity contribution in [2.75, 3.05) is 13.2 Å². The van der Waals surface area contributed by atoms with Crippen LogP contribution >= 0.6 is 0 Å². The highest BCUT2D eigenvalue weighted by Gasteiger charge is 2.45. The standard InChI is InChI=1S/C21H24FNO2/c22-20-6-2-1-5-19(20)21(11-12-21)23-14-16-7-9-17(10-8-16)25-15-18-4-3-13-24-18/h1-2,5-10,18,23H,3-4,11-15H2. The summed E-state index contributed by atoms with van der Waals surface area (Å²) < 4.78 is 25.4. The molecule has 1 aliphatic heterocycles. The molecule has 1 unspecified atom stereocenters. The number of hydrogen-bond acceptors (Lipinski definition) is 3. The van der Waals surface area contributed by atoms with Crippen LogP contribution in [0.4, 0.5) is 4.39 Å². The highest BCUT2D eigenvalue weighted by molar-refractivity contribution is 5.32. The molecule has 0 bridgehead atoms. The average Bonchev–Trinajstić information content (AvgIpc) is 3.24. The summed E-state index contributed by atoms with van der Waals surface area (Å²) in [7, 11) is 0. The van der Waals surface area contributed by atoms with Crippen molar-refractivity contribution in [1.29, 1.82) is 0 Å². The lowest BCUT2D eigenvalue weighted by Gasteiger charge is -2.19. The second-order valence-electron chi connectivity index (χ2n) is 7.01. The predicted octanol–water partition coefficient (Wildman–Crippen LogP) is 4.16. The topological polar surface area (TPSA) is 30.5 Å². The smallest absolute Gasteiger partial charge is 0.128 e. The van der Waals surface area contributed by atoms with E-state index >= 15 is 0 Å². The Morgan fingerprint density at radius 1 is 1.12 bits per heavy atom. The van der Waals surface area contributed by atoms with Crippen LogP contribution in [0.15, 0.2) is 48.5 Å². The predicted molar refractivity (Wildman–Crippen MR) is 95.1 cm³/mol. The molecule has 1 aliphatic carbocycles. The molecule has 1 saturated heterocycles. The zero-order valence-corrected chi connectivity index (χ0v) is 14.3. The maximum Gasteiger partial charge on any atom is 0.128 e. The lowest BCUT2D eigenvalue weighted by atomic mass is 10.0. The molecule has 1 saturated carbocycles. The summed E-state index contributed by atoms with van der Waals surface area (Å²) in [5.41, 5.74) is 1.76. The molecule has 2 aromatic rings. The maximum atomic E-state index is 14.1. The lowest BCUT2D eigenvalue weighted by Crippen LogP contribution is -2.29. The monoisotopic (exact) mass is 341 g/mol. The van der Waals surface area contributed by atoms with Gasteiger partial charge in [-0.2, -0.15) is 0 Å². The molecule has 1 heterocycles. The van der Waals surface area contributed by atoms with Crippen LogP contribution in [0.2, 0.25) is 0 Å². The van der Waals surface area contributed by atoms with Crippen molar-refractivity contribution in [2.24, 2.45) is 0 Å². The quantitative estimate of drug-likeness (QED) is 0.820. The van der Waals surface area contributed by atoms with Gasteiger partial charge in [-0.25, -0.2) is 4.39 Å². The van der Waals surface area contributed by atoms with Crippen molar-refractivity contribution in [3.63, 3.8) is 0 Å². The molecule has 132 valence electrons. The van der Waals surface area contributed by atoms with Gasteiger partial charge in [0.2, 0.25) is 0 Å². The number of rotatable bonds is 7. The van der Waals surface area contributed by atoms with E-state index in [1.165, 1.54) is 11.6 Å². The Labute approximate surface area is 148 Å². The molecule has 0 radical (unpaired) electrons. The Morgan fingerprint density at radius 2 is 1.92 bits per heavy atom. The normalized spacial score (nSPS) is 21.2. The van der Waals surface area contributed by atoms with E-state index in [-0.39, 0.29) is 17.5 Å². The average molecular weight is 341 g/mol. The summed E-state index contributed by atoms with van der Waals surface area (Å²) >= 11 is 0. The molecule has 3 nitrogen and oxygen atoms in total. The number of hydrogen-bond donors (Lipinski definition) is 1. The van der Waals surface area contributed by atoms with Gasteiger partial charge in [-0.15, -0.1) is 0 Å². The van der Waals surface area contributed by atoms with Crippen molar-refractivity contribution in [3.05, 3.63) is 65.5 Å². The van der Waals surface area contributed by atoms with Crippen molar-refractivity contribution >= 4 is 0 Å². The highest BCUT2D eigenvalue weighted by atomic mass is 19.1. The van der Waals surface area contributed by atoms with Gasteiger partial charge in [-0.1, -0.05) is 30.3 Å². The molecule has 2 fully saturated rings. The van der Waals surface area contributed by atoms with Crippen molar-refractivity contribution < 1.29 is 13.9 Å². The first-order valence-electron chi connectivity index (χ1n) is 9.09. The molecule has 1 N–H and O–H groups in total. The molecule has 25 heavy (non-hydrogen) atoms. The van der Waals surface area contributed by atoms with E-state index in [0.717, 1.165) is 50.1 Å². The summed E-state index contributed by atoms with van der Waals surface area (Å²) in [5.74, 6) is 0.750. The largest absolute Gasteiger partial charge is 0.491 e. The molecule has 4 heteroatoms. The fourth-order valence-corrected chi connectivity index (χ4v) is 3.46. The van der Waals surface area contributed by atoms with E-state index in [1.54, 1.807) is 6.07 Å². The van der Waals surface area contributed by atoms with Crippen LogP contribution < -0.4 is 10.1 Å². The van der Waals surface area contributed by atoms with Crippen LogP contribution in [0, 0.1) is 5.82 Å². The van der Waals surface area contributed by atoms with E-state index in [9.17, 15) is 4.39 Å². The fourth-order valence-electron chi connectivity index (χ4n) is 3.46. The second-order valence-corrected chi connectivity index (χ2v) is 7.01. The Morgan fingerprint density at radius 3 is 2.60 bits per heavy atom. The van der Waals surface area contributed by atoms with E-state index < -0.39 is 0 Å². The van der Waals surface area contributed by atoms with Crippen molar-refractivity contribution in [1.82, 2.24) is 5.32 Å². The van der Waals surface area contributed by atoms with Gasteiger partial charge in [0.15, 0.2) is 0 Å². The minimum atomic E-state index is -0.194. The molecule has 0 amide bonds. The molecule has 1 atom stereocenters. The Hall–Kier alpha value is -1.91. The van der Waals surface area contributed by atoms with E-state index in [0.29, 0.717) is 6.61 Å². The SMILES string of the molecule is Fc1ccccc1C1(NCc2ccc(OCC3CCCO3)cc2)CC1. The Kier molecular flexibility index (Phi) is 4.73. The second kappa shape index (κ2) is 7.14. The third-order valence-corrected chi connectivity index (χ3v) is 5.15. The molecule has 2 aliphatic rings. The zero-order chi connectivity index (χ0) is 17.1. The minimum Gasteiger partial charge on any atom is -0.491 e. The van der Waals surface area contributed by atoms with Gasteiger partial charge in [-0.3, -0.25) is 0 Å². The third-order valence-electron chi connectivity index (χ3n) is 5.15. The molecule has 0 spiro atoms. The van der Waals surface area contributed by atoms with Crippen LogP contribution in [0.25, 0.3) is 0 Å². The van der Waals surface area contributed by atoms with E-state index in [2.05, 4.69) is 17.4 Å². The summed E-state index contributed by atoms with van der Waals surface area (Å²) in [6.07, 6.45) is 4.41. The van der Waals surface area contributed by atoms with Gasteiger partial charge in [0.05, 0.1) is 6.10 Å². The van der Waals surface area contributed by atoms with Crippen LogP contribution in [0.1, 0.15) is 36.8 Å². The number of halogens is 1. The van der Waals surface area contributed by atoms with E-state index in [4.69, 9.17) is 9.47 Å². The number of ether oxygens (including phenoxy) is 2. The van der Waals surface area contributed by atoms with Crippen LogP contribution in [0.3, 0.4) is 0 Å². The van der Waals surface area contributed by atoms with Gasteiger partial charge in [0.25, 0.3) is 0 Å². The molecule has 4 rings (SSSR count). The summed E-state index contributed by atoms with van der Waals surface area (Å²) in [5, 5.41) is 3.54. The first-order valence-corrected chi connectivity index (χ1v) is 9.09. The first-order chi connectivity index (χ1) is 12.3. The van der Waals surface area contributed by atoms with Gasteiger partial charge >= 0.3 is 0 Å². The molecule has 2 aromatic carbocycles. The summed E-state index contributed by atoms with van der Waals surface area (Å²) in [6, 6.07) is 15.2. The summed E-state index contributed by atoms with van der Waals surface area (Å²) in [6.45, 7) is 2.19. The van der Waals surface area contributed by atoms with Crippen LogP contribution in [-0.4, -0.2) is 19.3 Å². The fraction of sp³-hybridized carbons (Fsp3) is 0.429. The zero-order valence-electron chi connectivity index (χ0n) is 14.3. The van der Waals surface area contributed by atoms with Gasteiger partial charge in [0.1, 0.15) is 18.2 Å². The third kappa shape index (κ3) is 3.86. The van der Waals surface area contributed by atoms with Crippen LogP contribution in [0.5, 0.6) is 5.75 Å². The summed E-state index contributed by atoms with van der Waals surface area (Å²) in [4.78, 5) is 0. The van der Waals surface area contributed by atoms with E-state index in [1.807, 2.05) is 24.3 Å². The number of nitrogens with one attached hydrogen (secondary N) is 1. The first kappa shape index (κ1) is 16.6. The Balaban J connectivity index is 1.32. The van der Waals surface area contributed by atoms with Crippen molar-refractivity contribution in [2.45, 2.75) is 43.9 Å². The van der Waals surface area contributed by atoms with Crippen LogP contribution in [-0.2, 0) is 16.8 Å². The molecular formula is C21H24FNO2. The maximum absolute atomic E-state index is 14.1. The molecule has 0 aromatic heterocycles. The van der Waals surface area contributed by atoms with Gasteiger partial charge in [0, 0.05) is 24.3 Å². The molecular weight excluding hydrogens is 317 g/mol. The lowest BCUT2D eigenvalue weighted by molar-refractivity contribution is 0.0679. The van der Waals surface area contributed by atoms with Gasteiger partial charge in [-0.05, 0) is 49.4 Å². The van der Waals surface area contributed by atoms with Crippen molar-refractivity contribution in [3.8, 4) is 5.75 Å². The Bertz CT molecular complexity index is 706. The minimum absolute atomic E-state index is 0.120. The highest BCUT2D eigenvalue weighted by Crippen LogP contribution is 2.46.